The lowest BCUT2D eigenvalue weighted by atomic mass is 10.0. The van der Waals surface area contributed by atoms with Gasteiger partial charge in [-0.3, -0.25) is 0 Å². The lowest BCUT2D eigenvalue weighted by molar-refractivity contribution is 0.605. The predicted molar refractivity (Wildman–Crippen MR) is 55.2 cm³/mol. The van der Waals surface area contributed by atoms with Gasteiger partial charge in [0.25, 0.3) is 0 Å². The van der Waals surface area contributed by atoms with Gasteiger partial charge < -0.3 is 0 Å². The Morgan fingerprint density at radius 3 is 2.17 bits per heavy atom. The fourth-order valence-electron chi connectivity index (χ4n) is 1.71. The summed E-state index contributed by atoms with van der Waals surface area (Å²) in [6.07, 6.45) is 10.8. The first-order valence-electron chi connectivity index (χ1n) is 5.39. The van der Waals surface area contributed by atoms with E-state index in [9.17, 15) is 0 Å². The molecule has 0 saturated heterocycles. The summed E-state index contributed by atoms with van der Waals surface area (Å²) >= 11 is 0. The minimum absolute atomic E-state index is 0.505. The molecule has 0 bridgehead atoms. The second kappa shape index (κ2) is 4.11. The molecule has 0 fully saturated rings. The fraction of sp³-hybridized carbons (Fsp3) is 0.833. The van der Waals surface area contributed by atoms with Crippen LogP contribution in [0.5, 0.6) is 0 Å². The summed E-state index contributed by atoms with van der Waals surface area (Å²) in [6, 6.07) is 0. The maximum absolute atomic E-state index is 2.41. The molecule has 0 amide bonds. The summed E-state index contributed by atoms with van der Waals surface area (Å²) < 4.78 is 0. The molecule has 0 aromatic heterocycles. The van der Waals surface area contributed by atoms with Crippen molar-refractivity contribution in [1.29, 1.82) is 0 Å². The summed E-state index contributed by atoms with van der Waals surface area (Å²) in [5.74, 6) is 0. The highest BCUT2D eigenvalue weighted by atomic mass is 14.4. The molecule has 0 radical (unpaired) electrons. The Labute approximate surface area is 77.1 Å². The highest BCUT2D eigenvalue weighted by Crippen LogP contribution is 2.45. The maximum atomic E-state index is 2.41. The van der Waals surface area contributed by atoms with E-state index < -0.39 is 0 Å². The Morgan fingerprint density at radius 1 is 1.08 bits per heavy atom. The minimum atomic E-state index is 0.505. The Kier molecular flexibility index (Phi) is 3.37. The van der Waals surface area contributed by atoms with Gasteiger partial charge in [-0.05, 0) is 12.8 Å². The molecule has 0 heteroatoms. The lowest BCUT2D eigenvalue weighted by Gasteiger charge is -2.03. The normalized spacial score (nSPS) is 19.1. The van der Waals surface area contributed by atoms with Gasteiger partial charge in [0.15, 0.2) is 0 Å². The largest absolute Gasteiger partial charge is 0.0748 e. The lowest BCUT2D eigenvalue weighted by Crippen LogP contribution is -1.89. The van der Waals surface area contributed by atoms with Crippen molar-refractivity contribution in [3.05, 3.63) is 11.6 Å². The van der Waals surface area contributed by atoms with Gasteiger partial charge in [-0.25, -0.2) is 0 Å². The molecule has 0 N–H and O–H groups in total. The third kappa shape index (κ3) is 3.00. The molecule has 0 spiro atoms. The van der Waals surface area contributed by atoms with Crippen molar-refractivity contribution in [3.8, 4) is 0 Å². The Morgan fingerprint density at radius 2 is 1.67 bits per heavy atom. The van der Waals surface area contributed by atoms with Crippen LogP contribution in [0.1, 0.15) is 59.3 Å². The molecule has 12 heavy (non-hydrogen) atoms. The summed E-state index contributed by atoms with van der Waals surface area (Å²) in [6.45, 7) is 6.90. The number of hydrogen-bond donors (Lipinski definition) is 0. The molecule has 1 rings (SSSR count). The fourth-order valence-corrected chi connectivity index (χ4v) is 1.71. The van der Waals surface area contributed by atoms with Crippen molar-refractivity contribution in [2.24, 2.45) is 5.41 Å². The first-order chi connectivity index (χ1) is 5.67. The number of rotatable bonds is 6. The summed E-state index contributed by atoms with van der Waals surface area (Å²) in [5.41, 5.74) is 2.20. The second-order valence-corrected chi connectivity index (χ2v) is 4.56. The van der Waals surface area contributed by atoms with Crippen molar-refractivity contribution >= 4 is 0 Å². The minimum Gasteiger partial charge on any atom is -0.0748 e. The van der Waals surface area contributed by atoms with Crippen LogP contribution >= 0.6 is 0 Å². The standard InChI is InChI=1S/C12H22/c1-4-5-6-7-8-9-11-10-12(11,2)3/h10H,4-9H2,1-3H3. The topological polar surface area (TPSA) is 0 Å². The molecular weight excluding hydrogens is 144 g/mol. The van der Waals surface area contributed by atoms with Gasteiger partial charge in [-0.15, -0.1) is 0 Å². The zero-order valence-electron chi connectivity index (χ0n) is 8.82. The van der Waals surface area contributed by atoms with Crippen molar-refractivity contribution in [2.45, 2.75) is 59.3 Å². The van der Waals surface area contributed by atoms with Crippen molar-refractivity contribution in [2.75, 3.05) is 0 Å². The molecule has 70 valence electrons. The van der Waals surface area contributed by atoms with Gasteiger partial charge in [0.1, 0.15) is 0 Å². The van der Waals surface area contributed by atoms with Crippen LogP contribution in [0, 0.1) is 5.41 Å². The van der Waals surface area contributed by atoms with Gasteiger partial charge in [-0.2, -0.15) is 0 Å². The molecule has 0 heterocycles. The molecular formula is C12H22. The van der Waals surface area contributed by atoms with E-state index in [0.717, 1.165) is 0 Å². The van der Waals surface area contributed by atoms with Crippen LogP contribution in [0.3, 0.4) is 0 Å². The third-order valence-electron chi connectivity index (χ3n) is 2.83. The van der Waals surface area contributed by atoms with E-state index in [4.69, 9.17) is 0 Å². The predicted octanol–water partition coefficient (Wildman–Crippen LogP) is 4.31. The van der Waals surface area contributed by atoms with Gasteiger partial charge in [0.2, 0.25) is 0 Å². The van der Waals surface area contributed by atoms with E-state index in [1.165, 1.54) is 38.5 Å². The summed E-state index contributed by atoms with van der Waals surface area (Å²) in [7, 11) is 0. The van der Waals surface area contributed by atoms with Crippen LogP contribution < -0.4 is 0 Å². The van der Waals surface area contributed by atoms with E-state index in [0.29, 0.717) is 5.41 Å². The van der Waals surface area contributed by atoms with Crippen molar-refractivity contribution in [1.82, 2.24) is 0 Å². The first kappa shape index (κ1) is 9.83. The van der Waals surface area contributed by atoms with E-state index in [2.05, 4.69) is 26.8 Å². The number of allylic oxidation sites excluding steroid dienone is 2. The zero-order valence-corrected chi connectivity index (χ0v) is 8.82. The van der Waals surface area contributed by atoms with Crippen LogP contribution in [-0.4, -0.2) is 0 Å². The van der Waals surface area contributed by atoms with Gasteiger partial charge in [-0.1, -0.05) is 58.1 Å². The smallest absolute Gasteiger partial charge is 0.00375 e. The number of hydrogen-bond acceptors (Lipinski definition) is 0. The molecule has 0 aromatic carbocycles. The van der Waals surface area contributed by atoms with Crippen LogP contribution in [0.15, 0.2) is 11.6 Å². The third-order valence-corrected chi connectivity index (χ3v) is 2.83. The van der Waals surface area contributed by atoms with E-state index in [1.807, 2.05) is 0 Å². The van der Waals surface area contributed by atoms with E-state index in [1.54, 1.807) is 5.57 Å². The monoisotopic (exact) mass is 166 g/mol. The molecule has 1 aliphatic carbocycles. The Bertz CT molecular complexity index is 163. The van der Waals surface area contributed by atoms with E-state index in [-0.39, 0.29) is 0 Å². The SMILES string of the molecule is CCCCCCCC1=CC1(C)C. The molecule has 1 aliphatic rings. The van der Waals surface area contributed by atoms with Gasteiger partial charge in [0, 0.05) is 5.41 Å². The zero-order chi connectivity index (χ0) is 9.03. The average molecular weight is 166 g/mol. The number of unbranched alkanes of at least 4 members (excludes halogenated alkanes) is 4. The second-order valence-electron chi connectivity index (χ2n) is 4.56. The maximum Gasteiger partial charge on any atom is 0.00375 e. The van der Waals surface area contributed by atoms with Crippen molar-refractivity contribution < 1.29 is 0 Å². The highest BCUT2D eigenvalue weighted by Gasteiger charge is 2.32. The highest BCUT2D eigenvalue weighted by molar-refractivity contribution is 5.35. The molecule has 0 aliphatic heterocycles. The summed E-state index contributed by atoms with van der Waals surface area (Å²) in [5, 5.41) is 0. The molecule has 0 nitrogen and oxygen atoms in total. The average Bonchev–Trinajstić information content (AvgIpc) is 2.59. The Hall–Kier alpha value is -0.260. The molecule has 0 saturated carbocycles. The quantitative estimate of drug-likeness (QED) is 0.407. The molecule has 0 unspecified atom stereocenters. The van der Waals surface area contributed by atoms with Crippen molar-refractivity contribution in [3.63, 3.8) is 0 Å². The van der Waals surface area contributed by atoms with Crippen LogP contribution in [-0.2, 0) is 0 Å². The van der Waals surface area contributed by atoms with E-state index >= 15 is 0 Å². The van der Waals surface area contributed by atoms with Gasteiger partial charge in [0.05, 0.1) is 0 Å². The summed E-state index contributed by atoms with van der Waals surface area (Å²) in [4.78, 5) is 0. The Balaban J connectivity index is 1.88. The molecule has 0 aromatic rings. The first-order valence-corrected chi connectivity index (χ1v) is 5.39. The molecule has 0 atom stereocenters. The van der Waals surface area contributed by atoms with Crippen LogP contribution in [0.25, 0.3) is 0 Å². The van der Waals surface area contributed by atoms with Crippen LogP contribution in [0.4, 0.5) is 0 Å². The van der Waals surface area contributed by atoms with Gasteiger partial charge >= 0.3 is 0 Å². The van der Waals surface area contributed by atoms with Crippen LogP contribution in [0.2, 0.25) is 0 Å².